The van der Waals surface area contributed by atoms with Gasteiger partial charge in [-0.1, -0.05) is 22.0 Å². The van der Waals surface area contributed by atoms with E-state index in [4.69, 9.17) is 10.8 Å². The van der Waals surface area contributed by atoms with Crippen molar-refractivity contribution in [2.24, 2.45) is 5.73 Å². The maximum Gasteiger partial charge on any atom is 0.324 e. The zero-order valence-corrected chi connectivity index (χ0v) is 9.75. The highest BCUT2D eigenvalue weighted by Crippen LogP contribution is 2.29. The molecule has 0 heterocycles. The first-order valence-electron chi connectivity index (χ1n) is 4.81. The number of nitrogens with two attached hydrogens (primary N) is 1. The number of hydrogen-bond acceptors (Lipinski definition) is 2. The third-order valence-electron chi connectivity index (χ3n) is 2.94. The molecular weight excluding hydrogens is 258 g/mol. The topological polar surface area (TPSA) is 63.3 Å². The van der Waals surface area contributed by atoms with Gasteiger partial charge >= 0.3 is 5.97 Å². The zero-order valence-electron chi connectivity index (χ0n) is 8.16. The zero-order chi connectivity index (χ0) is 11.1. The van der Waals surface area contributed by atoms with Crippen LogP contribution in [0.2, 0.25) is 0 Å². The minimum atomic E-state index is -1.08. The van der Waals surface area contributed by atoms with Crippen molar-refractivity contribution in [2.75, 3.05) is 0 Å². The molecule has 0 saturated heterocycles. The number of rotatable bonds is 1. The number of fused-ring (bicyclic) bond motifs is 1. The number of carboxylic acid groups (broad SMARTS) is 1. The average Bonchev–Trinajstić information content (AvgIpc) is 2.18. The highest BCUT2D eigenvalue weighted by molar-refractivity contribution is 9.10. The maximum atomic E-state index is 11.0. The van der Waals surface area contributed by atoms with Crippen LogP contribution in [-0.4, -0.2) is 16.6 Å². The Bertz CT molecular complexity index is 419. The van der Waals surface area contributed by atoms with Gasteiger partial charge in [0.1, 0.15) is 5.54 Å². The normalized spacial score (nSPS) is 24.7. The Balaban J connectivity index is 2.35. The van der Waals surface area contributed by atoms with Crippen molar-refractivity contribution in [3.05, 3.63) is 33.8 Å². The van der Waals surface area contributed by atoms with Gasteiger partial charge in [-0.15, -0.1) is 0 Å². The summed E-state index contributed by atoms with van der Waals surface area (Å²) in [6, 6.07) is 5.91. The molecule has 3 nitrogen and oxygen atoms in total. The monoisotopic (exact) mass is 269 g/mol. The highest BCUT2D eigenvalue weighted by Gasteiger charge is 2.37. The number of aryl methyl sites for hydroxylation is 1. The summed E-state index contributed by atoms with van der Waals surface area (Å²) in [5.74, 6) is -0.906. The van der Waals surface area contributed by atoms with E-state index in [1.54, 1.807) is 0 Å². The predicted molar refractivity (Wildman–Crippen MR) is 60.7 cm³/mol. The van der Waals surface area contributed by atoms with Crippen molar-refractivity contribution in [1.29, 1.82) is 0 Å². The van der Waals surface area contributed by atoms with E-state index in [1.165, 1.54) is 5.56 Å². The van der Waals surface area contributed by atoms with E-state index >= 15 is 0 Å². The van der Waals surface area contributed by atoms with Gasteiger partial charge in [0.25, 0.3) is 0 Å². The molecule has 0 saturated carbocycles. The number of benzene rings is 1. The second-order valence-corrected chi connectivity index (χ2v) is 4.97. The van der Waals surface area contributed by atoms with E-state index in [0.717, 1.165) is 16.5 Å². The maximum absolute atomic E-state index is 11.0. The minimum absolute atomic E-state index is 0.422. The molecule has 15 heavy (non-hydrogen) atoms. The fourth-order valence-electron chi connectivity index (χ4n) is 1.97. The van der Waals surface area contributed by atoms with Gasteiger partial charge in [0.05, 0.1) is 0 Å². The fraction of sp³-hybridized carbons (Fsp3) is 0.364. The van der Waals surface area contributed by atoms with Gasteiger partial charge in [-0.25, -0.2) is 0 Å². The van der Waals surface area contributed by atoms with E-state index < -0.39 is 11.5 Å². The summed E-state index contributed by atoms with van der Waals surface area (Å²) in [6.07, 6.45) is 1.66. The first-order chi connectivity index (χ1) is 7.01. The van der Waals surface area contributed by atoms with Gasteiger partial charge in [-0.05, 0) is 36.1 Å². The highest BCUT2D eigenvalue weighted by atomic mass is 79.9. The molecule has 3 N–H and O–H groups in total. The third kappa shape index (κ3) is 1.92. The van der Waals surface area contributed by atoms with Crippen LogP contribution in [0.1, 0.15) is 17.5 Å². The molecule has 1 aromatic carbocycles. The Labute approximate surface area is 96.4 Å². The third-order valence-corrected chi connectivity index (χ3v) is 3.43. The molecule has 1 atom stereocenters. The summed E-state index contributed by atoms with van der Waals surface area (Å²) in [6.45, 7) is 0. The predicted octanol–water partition coefficient (Wildman–Crippen LogP) is 1.72. The summed E-state index contributed by atoms with van der Waals surface area (Å²) in [5.41, 5.74) is 7.01. The van der Waals surface area contributed by atoms with Crippen LogP contribution in [0.25, 0.3) is 0 Å². The largest absolute Gasteiger partial charge is 0.480 e. The second-order valence-electron chi connectivity index (χ2n) is 4.05. The lowest BCUT2D eigenvalue weighted by Gasteiger charge is -2.30. The number of carboxylic acids is 1. The number of aliphatic carboxylic acids is 1. The van der Waals surface area contributed by atoms with Crippen molar-refractivity contribution < 1.29 is 9.90 Å². The number of carbonyl (C=O) groups is 1. The molecule has 0 radical (unpaired) electrons. The molecule has 0 amide bonds. The lowest BCUT2D eigenvalue weighted by molar-refractivity contribution is -0.143. The van der Waals surface area contributed by atoms with E-state index in [-0.39, 0.29) is 0 Å². The Hall–Kier alpha value is -0.870. The summed E-state index contributed by atoms with van der Waals surface area (Å²) in [7, 11) is 0. The Morgan fingerprint density at radius 3 is 2.87 bits per heavy atom. The SMILES string of the molecule is N[C@]1(C(=O)O)CCc2cc(Br)ccc2C1. The van der Waals surface area contributed by atoms with E-state index in [9.17, 15) is 4.79 Å². The van der Waals surface area contributed by atoms with Crippen molar-refractivity contribution in [3.8, 4) is 0 Å². The van der Waals surface area contributed by atoms with Crippen LogP contribution in [0.15, 0.2) is 22.7 Å². The molecule has 1 aliphatic carbocycles. The van der Waals surface area contributed by atoms with Crippen molar-refractivity contribution >= 4 is 21.9 Å². The molecule has 1 aromatic rings. The minimum Gasteiger partial charge on any atom is -0.480 e. The Morgan fingerprint density at radius 1 is 1.47 bits per heavy atom. The van der Waals surface area contributed by atoms with Crippen LogP contribution >= 0.6 is 15.9 Å². The molecular formula is C11H12BrNO2. The lowest BCUT2D eigenvalue weighted by Crippen LogP contribution is -2.52. The molecule has 0 aromatic heterocycles. The Kier molecular flexibility index (Phi) is 2.56. The molecule has 0 fully saturated rings. The molecule has 2 rings (SSSR count). The van der Waals surface area contributed by atoms with Crippen LogP contribution in [0.5, 0.6) is 0 Å². The van der Waals surface area contributed by atoms with Gasteiger partial charge in [-0.3, -0.25) is 4.79 Å². The van der Waals surface area contributed by atoms with Crippen LogP contribution in [-0.2, 0) is 17.6 Å². The summed E-state index contributed by atoms with van der Waals surface area (Å²) in [4.78, 5) is 11.0. The van der Waals surface area contributed by atoms with Gasteiger partial charge in [0.15, 0.2) is 0 Å². The second kappa shape index (κ2) is 3.61. The van der Waals surface area contributed by atoms with E-state index in [0.29, 0.717) is 12.8 Å². The summed E-state index contributed by atoms with van der Waals surface area (Å²) < 4.78 is 1.03. The van der Waals surface area contributed by atoms with E-state index in [1.807, 2.05) is 18.2 Å². The van der Waals surface area contributed by atoms with Crippen molar-refractivity contribution in [2.45, 2.75) is 24.8 Å². The van der Waals surface area contributed by atoms with Crippen LogP contribution in [0, 0.1) is 0 Å². The molecule has 0 spiro atoms. The van der Waals surface area contributed by atoms with Gasteiger partial charge < -0.3 is 10.8 Å². The first kappa shape index (κ1) is 10.6. The van der Waals surface area contributed by atoms with Crippen molar-refractivity contribution in [3.63, 3.8) is 0 Å². The molecule has 0 bridgehead atoms. The molecule has 4 heteroatoms. The van der Waals surface area contributed by atoms with Gasteiger partial charge in [0.2, 0.25) is 0 Å². The molecule has 80 valence electrons. The first-order valence-corrected chi connectivity index (χ1v) is 5.60. The average molecular weight is 270 g/mol. The lowest BCUT2D eigenvalue weighted by atomic mass is 9.79. The summed E-state index contributed by atoms with van der Waals surface area (Å²) in [5, 5.41) is 9.04. The smallest absolute Gasteiger partial charge is 0.324 e. The van der Waals surface area contributed by atoms with Crippen LogP contribution < -0.4 is 5.73 Å². The van der Waals surface area contributed by atoms with Gasteiger partial charge in [0, 0.05) is 10.9 Å². The van der Waals surface area contributed by atoms with Crippen LogP contribution in [0.4, 0.5) is 0 Å². The molecule has 0 unspecified atom stereocenters. The number of halogens is 1. The van der Waals surface area contributed by atoms with Gasteiger partial charge in [-0.2, -0.15) is 0 Å². The molecule has 1 aliphatic rings. The van der Waals surface area contributed by atoms with Crippen LogP contribution in [0.3, 0.4) is 0 Å². The summed E-state index contributed by atoms with van der Waals surface area (Å²) >= 11 is 3.40. The molecule has 0 aliphatic heterocycles. The standard InChI is InChI=1S/C11H12BrNO2/c12-9-2-1-8-6-11(13,10(14)15)4-3-7(8)5-9/h1-2,5H,3-4,6,13H2,(H,14,15)/t11-/m1/s1. The Morgan fingerprint density at radius 2 is 2.20 bits per heavy atom. The number of hydrogen-bond donors (Lipinski definition) is 2. The fourth-order valence-corrected chi connectivity index (χ4v) is 2.38. The van der Waals surface area contributed by atoms with Crippen molar-refractivity contribution in [1.82, 2.24) is 0 Å². The van der Waals surface area contributed by atoms with E-state index in [2.05, 4.69) is 15.9 Å². The quantitative estimate of drug-likeness (QED) is 0.816.